The monoisotopic (exact) mass is 292 g/mol. The van der Waals surface area contributed by atoms with Crippen LogP contribution in [0.25, 0.3) is 0 Å². The van der Waals surface area contributed by atoms with E-state index in [4.69, 9.17) is 4.74 Å². The van der Waals surface area contributed by atoms with E-state index in [-0.39, 0.29) is 16.8 Å². The fourth-order valence-corrected chi connectivity index (χ4v) is 2.83. The number of rotatable bonds is 5. The first kappa shape index (κ1) is 17.5. The number of hydrogen-bond acceptors (Lipinski definition) is 3. The molecule has 0 aromatic heterocycles. The average Bonchev–Trinajstić information content (AvgIpc) is 2.35. The molecule has 0 aliphatic heterocycles. The largest absolute Gasteiger partial charge is 0.479 e. The first-order chi connectivity index (χ1) is 9.55. The summed E-state index contributed by atoms with van der Waals surface area (Å²) in [6.07, 6.45) is 0.502. The highest BCUT2D eigenvalue weighted by Crippen LogP contribution is 2.36. The molecule has 0 spiro atoms. The van der Waals surface area contributed by atoms with Gasteiger partial charge in [0.1, 0.15) is 5.75 Å². The van der Waals surface area contributed by atoms with Gasteiger partial charge in [0.25, 0.3) is 0 Å². The number of carbonyl (C=O) groups is 1. The normalized spacial score (nSPS) is 13.7. The Morgan fingerprint density at radius 3 is 2.05 bits per heavy atom. The number of methoxy groups -OCH3 is 1. The van der Waals surface area contributed by atoms with E-state index >= 15 is 0 Å². The van der Waals surface area contributed by atoms with Gasteiger partial charge in [-0.1, -0.05) is 46.8 Å². The molecule has 1 aromatic rings. The van der Waals surface area contributed by atoms with Crippen molar-refractivity contribution in [2.45, 2.75) is 59.5 Å². The lowest BCUT2D eigenvalue weighted by atomic mass is 9.72. The van der Waals surface area contributed by atoms with Crippen LogP contribution < -0.4 is 4.74 Å². The molecule has 0 radical (unpaired) electrons. The number of benzene rings is 1. The van der Waals surface area contributed by atoms with E-state index < -0.39 is 6.10 Å². The van der Waals surface area contributed by atoms with Crippen molar-refractivity contribution in [3.8, 4) is 5.75 Å². The maximum absolute atomic E-state index is 11.4. The molecule has 3 heteroatoms. The Morgan fingerprint density at radius 1 is 1.10 bits per heavy atom. The Hall–Kier alpha value is -1.51. The summed E-state index contributed by atoms with van der Waals surface area (Å²) >= 11 is 0. The molecule has 0 aliphatic carbocycles. The summed E-state index contributed by atoms with van der Waals surface area (Å²) in [5.41, 5.74) is 1.65. The molecule has 1 atom stereocenters. The van der Waals surface area contributed by atoms with Crippen molar-refractivity contribution >= 4 is 5.97 Å². The van der Waals surface area contributed by atoms with Gasteiger partial charge >= 0.3 is 5.97 Å². The van der Waals surface area contributed by atoms with E-state index in [0.717, 1.165) is 6.42 Å². The molecule has 0 heterocycles. The molecule has 3 nitrogen and oxygen atoms in total. The van der Waals surface area contributed by atoms with E-state index in [1.54, 1.807) is 6.92 Å². The zero-order chi connectivity index (χ0) is 16.3. The third kappa shape index (κ3) is 5.41. The summed E-state index contributed by atoms with van der Waals surface area (Å²) in [7, 11) is 1.36. The van der Waals surface area contributed by atoms with Crippen molar-refractivity contribution in [3.63, 3.8) is 0 Å². The van der Waals surface area contributed by atoms with Crippen LogP contribution in [0.5, 0.6) is 5.75 Å². The highest BCUT2D eigenvalue weighted by molar-refractivity contribution is 5.74. The number of esters is 1. The van der Waals surface area contributed by atoms with Crippen molar-refractivity contribution in [1.29, 1.82) is 0 Å². The number of ether oxygens (including phenoxy) is 2. The van der Waals surface area contributed by atoms with Crippen LogP contribution in [0.1, 0.15) is 53.5 Å². The third-order valence-electron chi connectivity index (χ3n) is 3.45. The molecule has 0 bridgehead atoms. The van der Waals surface area contributed by atoms with Gasteiger partial charge in [0.15, 0.2) is 6.10 Å². The highest BCUT2D eigenvalue weighted by Gasteiger charge is 2.27. The molecule has 0 saturated heterocycles. The van der Waals surface area contributed by atoms with E-state index in [1.807, 2.05) is 12.1 Å². The van der Waals surface area contributed by atoms with Crippen molar-refractivity contribution < 1.29 is 14.3 Å². The van der Waals surface area contributed by atoms with E-state index in [9.17, 15) is 4.79 Å². The number of hydrogen-bond donors (Lipinski definition) is 0. The van der Waals surface area contributed by atoms with Gasteiger partial charge in [-0.25, -0.2) is 4.79 Å². The molecule has 0 N–H and O–H groups in total. The Balaban J connectivity index is 2.80. The van der Waals surface area contributed by atoms with Gasteiger partial charge in [0.2, 0.25) is 0 Å². The summed E-state index contributed by atoms with van der Waals surface area (Å²) in [6, 6.07) is 7.98. The molecular formula is C18H28O3. The summed E-state index contributed by atoms with van der Waals surface area (Å²) in [5, 5.41) is 0. The van der Waals surface area contributed by atoms with Crippen molar-refractivity contribution in [1.82, 2.24) is 0 Å². The standard InChI is InChI=1S/C18H28O3/c1-13(16(19)20-7)21-15-10-8-14(9-11-15)18(5,6)12-17(2,3)4/h8-11,13H,12H2,1-7H3. The third-order valence-corrected chi connectivity index (χ3v) is 3.45. The lowest BCUT2D eigenvalue weighted by Crippen LogP contribution is -2.26. The van der Waals surface area contributed by atoms with Crippen LogP contribution in [-0.2, 0) is 14.9 Å². The zero-order valence-corrected chi connectivity index (χ0v) is 14.3. The number of carbonyl (C=O) groups excluding carboxylic acids is 1. The lowest BCUT2D eigenvalue weighted by molar-refractivity contribution is -0.147. The second-order valence-corrected chi connectivity index (χ2v) is 7.43. The predicted molar refractivity (Wildman–Crippen MR) is 85.6 cm³/mol. The quantitative estimate of drug-likeness (QED) is 0.757. The molecule has 0 amide bonds. The minimum absolute atomic E-state index is 0.102. The van der Waals surface area contributed by atoms with Gasteiger partial charge < -0.3 is 9.47 Å². The van der Waals surface area contributed by atoms with E-state index in [0.29, 0.717) is 5.75 Å². The first-order valence-corrected chi connectivity index (χ1v) is 7.40. The van der Waals surface area contributed by atoms with Gasteiger partial charge in [-0.05, 0) is 41.9 Å². The minimum atomic E-state index is -0.594. The molecule has 0 fully saturated rings. The van der Waals surface area contributed by atoms with Crippen LogP contribution in [-0.4, -0.2) is 19.2 Å². The van der Waals surface area contributed by atoms with Crippen molar-refractivity contribution in [3.05, 3.63) is 29.8 Å². The second-order valence-electron chi connectivity index (χ2n) is 7.43. The Morgan fingerprint density at radius 2 is 1.62 bits per heavy atom. The van der Waals surface area contributed by atoms with E-state index in [2.05, 4.69) is 51.5 Å². The van der Waals surface area contributed by atoms with Crippen molar-refractivity contribution in [2.24, 2.45) is 5.41 Å². The van der Waals surface area contributed by atoms with E-state index in [1.165, 1.54) is 12.7 Å². The summed E-state index contributed by atoms with van der Waals surface area (Å²) in [5.74, 6) is 0.315. The second kappa shape index (κ2) is 6.50. The molecule has 21 heavy (non-hydrogen) atoms. The summed E-state index contributed by atoms with van der Waals surface area (Å²) < 4.78 is 10.2. The van der Waals surface area contributed by atoms with Crippen LogP contribution >= 0.6 is 0 Å². The van der Waals surface area contributed by atoms with Gasteiger partial charge in [-0.3, -0.25) is 0 Å². The molecule has 1 aromatic carbocycles. The van der Waals surface area contributed by atoms with Crippen LogP contribution in [0, 0.1) is 5.41 Å². The predicted octanol–water partition coefficient (Wildman–Crippen LogP) is 4.34. The Labute approximate surface area is 128 Å². The maximum atomic E-state index is 11.4. The summed E-state index contributed by atoms with van der Waals surface area (Å²) in [6.45, 7) is 13.0. The van der Waals surface area contributed by atoms with Gasteiger partial charge in [0.05, 0.1) is 7.11 Å². The minimum Gasteiger partial charge on any atom is -0.479 e. The van der Waals surface area contributed by atoms with Crippen LogP contribution in [0.4, 0.5) is 0 Å². The molecule has 0 aliphatic rings. The first-order valence-electron chi connectivity index (χ1n) is 7.40. The molecule has 0 saturated carbocycles. The zero-order valence-electron chi connectivity index (χ0n) is 14.3. The Bertz CT molecular complexity index is 466. The molecule has 1 unspecified atom stereocenters. The summed E-state index contributed by atoms with van der Waals surface area (Å²) in [4.78, 5) is 11.4. The van der Waals surface area contributed by atoms with Gasteiger partial charge in [-0.15, -0.1) is 0 Å². The highest BCUT2D eigenvalue weighted by atomic mass is 16.6. The van der Waals surface area contributed by atoms with Gasteiger partial charge in [-0.2, -0.15) is 0 Å². The average molecular weight is 292 g/mol. The van der Waals surface area contributed by atoms with Crippen LogP contribution in [0.2, 0.25) is 0 Å². The topological polar surface area (TPSA) is 35.5 Å². The van der Waals surface area contributed by atoms with Crippen LogP contribution in [0.15, 0.2) is 24.3 Å². The molecule has 1 rings (SSSR count). The van der Waals surface area contributed by atoms with Crippen LogP contribution in [0.3, 0.4) is 0 Å². The fraction of sp³-hybridized carbons (Fsp3) is 0.611. The SMILES string of the molecule is COC(=O)C(C)Oc1ccc(C(C)(C)CC(C)(C)C)cc1. The molecular weight excluding hydrogens is 264 g/mol. The smallest absolute Gasteiger partial charge is 0.346 e. The van der Waals surface area contributed by atoms with Gasteiger partial charge in [0, 0.05) is 0 Å². The lowest BCUT2D eigenvalue weighted by Gasteiger charge is -2.33. The maximum Gasteiger partial charge on any atom is 0.346 e. The Kier molecular flexibility index (Phi) is 5.43. The van der Waals surface area contributed by atoms with Crippen molar-refractivity contribution in [2.75, 3.05) is 7.11 Å². The fourth-order valence-electron chi connectivity index (χ4n) is 2.83. The molecule has 118 valence electrons.